The Balaban J connectivity index is 2.16. The van der Waals surface area contributed by atoms with Crippen molar-refractivity contribution in [1.82, 2.24) is 5.32 Å². The Morgan fingerprint density at radius 2 is 2.07 bits per heavy atom. The maximum atomic E-state index is 10.3. The summed E-state index contributed by atoms with van der Waals surface area (Å²) < 4.78 is 0. The van der Waals surface area contributed by atoms with E-state index in [2.05, 4.69) is 12.2 Å². The van der Waals surface area contributed by atoms with Gasteiger partial charge in [0.25, 0.3) is 0 Å². The van der Waals surface area contributed by atoms with E-state index in [0.29, 0.717) is 19.0 Å². The lowest BCUT2D eigenvalue weighted by molar-refractivity contribution is -0.136. The summed E-state index contributed by atoms with van der Waals surface area (Å²) in [7, 11) is 0. The zero-order chi connectivity index (χ0) is 11.3. The van der Waals surface area contributed by atoms with Crippen molar-refractivity contribution < 1.29 is 15.0 Å². The molecule has 1 rings (SSSR count). The molecule has 0 spiro atoms. The van der Waals surface area contributed by atoms with Gasteiger partial charge in [-0.05, 0) is 31.6 Å². The molecule has 0 heterocycles. The largest absolute Gasteiger partial charge is 0.481 e. The fourth-order valence-corrected chi connectivity index (χ4v) is 1.99. The van der Waals surface area contributed by atoms with Crippen LogP contribution in [-0.2, 0) is 4.79 Å². The van der Waals surface area contributed by atoms with Crippen molar-refractivity contribution in [2.75, 3.05) is 13.1 Å². The maximum absolute atomic E-state index is 10.3. The van der Waals surface area contributed by atoms with Crippen LogP contribution in [0.15, 0.2) is 0 Å². The minimum Gasteiger partial charge on any atom is -0.481 e. The van der Waals surface area contributed by atoms with Crippen LogP contribution >= 0.6 is 0 Å². The van der Waals surface area contributed by atoms with Gasteiger partial charge in [-0.15, -0.1) is 0 Å². The molecule has 0 aromatic rings. The van der Waals surface area contributed by atoms with Gasteiger partial charge in [-0.3, -0.25) is 4.79 Å². The molecule has 0 atom stereocenters. The van der Waals surface area contributed by atoms with Gasteiger partial charge in [0.1, 0.15) is 0 Å². The van der Waals surface area contributed by atoms with Crippen LogP contribution < -0.4 is 5.32 Å². The Morgan fingerprint density at radius 1 is 1.47 bits per heavy atom. The molecule has 15 heavy (non-hydrogen) atoms. The van der Waals surface area contributed by atoms with E-state index in [1.807, 2.05) is 0 Å². The van der Waals surface area contributed by atoms with Crippen LogP contribution in [0.4, 0.5) is 0 Å². The first-order valence-electron chi connectivity index (χ1n) is 5.67. The fourth-order valence-electron chi connectivity index (χ4n) is 1.99. The highest BCUT2D eigenvalue weighted by atomic mass is 16.4. The quantitative estimate of drug-likeness (QED) is 0.598. The number of nitrogens with one attached hydrogen (secondary N) is 1. The first kappa shape index (κ1) is 12.5. The molecule has 0 aromatic carbocycles. The van der Waals surface area contributed by atoms with Gasteiger partial charge in [-0.1, -0.05) is 6.92 Å². The standard InChI is InChI=1S/C11H21NO3/c1-9-2-5-11(15,6-3-9)8-12-7-4-10(13)14/h9,12,15H,2-8H2,1H3,(H,13,14). The van der Waals surface area contributed by atoms with Crippen molar-refractivity contribution in [2.24, 2.45) is 5.92 Å². The SMILES string of the molecule is CC1CCC(O)(CNCCC(=O)O)CC1. The molecule has 1 fully saturated rings. The number of carboxylic acids is 1. The molecule has 1 aliphatic carbocycles. The van der Waals surface area contributed by atoms with Gasteiger partial charge in [0, 0.05) is 13.1 Å². The number of rotatable bonds is 5. The van der Waals surface area contributed by atoms with Crippen molar-refractivity contribution in [1.29, 1.82) is 0 Å². The van der Waals surface area contributed by atoms with Gasteiger partial charge in [0.2, 0.25) is 0 Å². The summed E-state index contributed by atoms with van der Waals surface area (Å²) in [6.07, 6.45) is 3.91. The van der Waals surface area contributed by atoms with Crippen molar-refractivity contribution >= 4 is 5.97 Å². The highest BCUT2D eigenvalue weighted by molar-refractivity contribution is 5.66. The molecule has 0 saturated heterocycles. The molecular formula is C11H21NO3. The number of carbonyl (C=O) groups is 1. The fraction of sp³-hybridized carbons (Fsp3) is 0.909. The lowest BCUT2D eigenvalue weighted by Crippen LogP contribution is -2.43. The van der Waals surface area contributed by atoms with E-state index in [0.717, 1.165) is 25.7 Å². The summed E-state index contributed by atoms with van der Waals surface area (Å²) >= 11 is 0. The Morgan fingerprint density at radius 3 is 2.60 bits per heavy atom. The number of aliphatic hydroxyl groups is 1. The number of aliphatic carboxylic acids is 1. The van der Waals surface area contributed by atoms with Gasteiger partial charge in [0.15, 0.2) is 0 Å². The minimum atomic E-state index is -0.799. The second-order valence-corrected chi connectivity index (χ2v) is 4.73. The van der Waals surface area contributed by atoms with Gasteiger partial charge in [-0.25, -0.2) is 0 Å². The van der Waals surface area contributed by atoms with Gasteiger partial charge in [0.05, 0.1) is 12.0 Å². The van der Waals surface area contributed by atoms with Crippen LogP contribution in [0.2, 0.25) is 0 Å². The Bertz CT molecular complexity index is 210. The third-order valence-corrected chi connectivity index (χ3v) is 3.17. The maximum Gasteiger partial charge on any atom is 0.304 e. The molecule has 0 amide bonds. The summed E-state index contributed by atoms with van der Waals surface area (Å²) in [4.78, 5) is 10.3. The number of hydrogen-bond donors (Lipinski definition) is 3. The van der Waals surface area contributed by atoms with Crippen molar-refractivity contribution in [3.05, 3.63) is 0 Å². The monoisotopic (exact) mass is 215 g/mol. The zero-order valence-electron chi connectivity index (χ0n) is 9.33. The minimum absolute atomic E-state index is 0.118. The average molecular weight is 215 g/mol. The molecule has 88 valence electrons. The number of hydrogen-bond acceptors (Lipinski definition) is 3. The molecule has 0 aromatic heterocycles. The zero-order valence-corrected chi connectivity index (χ0v) is 9.33. The van der Waals surface area contributed by atoms with E-state index in [1.165, 1.54) is 0 Å². The van der Waals surface area contributed by atoms with Crippen molar-refractivity contribution in [2.45, 2.75) is 44.6 Å². The van der Waals surface area contributed by atoms with Crippen LogP contribution in [-0.4, -0.2) is 34.9 Å². The molecule has 4 nitrogen and oxygen atoms in total. The molecule has 1 aliphatic rings. The lowest BCUT2D eigenvalue weighted by atomic mass is 9.79. The molecule has 0 bridgehead atoms. The summed E-state index contributed by atoms with van der Waals surface area (Å²) in [5.74, 6) is -0.0870. The Kier molecular flexibility index (Phi) is 4.54. The first-order valence-corrected chi connectivity index (χ1v) is 5.67. The van der Waals surface area contributed by atoms with E-state index in [4.69, 9.17) is 5.11 Å². The van der Waals surface area contributed by atoms with Crippen LogP contribution in [0, 0.1) is 5.92 Å². The van der Waals surface area contributed by atoms with Gasteiger partial charge >= 0.3 is 5.97 Å². The van der Waals surface area contributed by atoms with E-state index < -0.39 is 11.6 Å². The van der Waals surface area contributed by atoms with Crippen molar-refractivity contribution in [3.63, 3.8) is 0 Å². The highest BCUT2D eigenvalue weighted by Crippen LogP contribution is 2.31. The lowest BCUT2D eigenvalue weighted by Gasteiger charge is -2.35. The van der Waals surface area contributed by atoms with E-state index >= 15 is 0 Å². The predicted molar refractivity (Wildman–Crippen MR) is 57.7 cm³/mol. The third-order valence-electron chi connectivity index (χ3n) is 3.17. The molecule has 4 heteroatoms. The smallest absolute Gasteiger partial charge is 0.304 e. The van der Waals surface area contributed by atoms with E-state index in [-0.39, 0.29) is 6.42 Å². The average Bonchev–Trinajstić information content (AvgIpc) is 2.18. The Hall–Kier alpha value is -0.610. The van der Waals surface area contributed by atoms with Crippen LogP contribution in [0.1, 0.15) is 39.0 Å². The summed E-state index contributed by atoms with van der Waals surface area (Å²) in [5, 5.41) is 21.6. The third kappa shape index (κ3) is 4.62. The van der Waals surface area contributed by atoms with Crippen molar-refractivity contribution in [3.8, 4) is 0 Å². The van der Waals surface area contributed by atoms with E-state index in [9.17, 15) is 9.90 Å². The molecule has 0 radical (unpaired) electrons. The second-order valence-electron chi connectivity index (χ2n) is 4.73. The van der Waals surface area contributed by atoms with Crippen LogP contribution in [0.5, 0.6) is 0 Å². The summed E-state index contributed by atoms with van der Waals surface area (Å²) in [6, 6.07) is 0. The molecule has 0 unspecified atom stereocenters. The summed E-state index contributed by atoms with van der Waals surface area (Å²) in [6.45, 7) is 3.16. The first-order chi connectivity index (χ1) is 7.02. The van der Waals surface area contributed by atoms with Crippen LogP contribution in [0.3, 0.4) is 0 Å². The Labute approximate surface area is 90.7 Å². The van der Waals surface area contributed by atoms with Gasteiger partial charge < -0.3 is 15.5 Å². The second kappa shape index (κ2) is 5.47. The normalized spacial score (nSPS) is 31.5. The van der Waals surface area contributed by atoms with E-state index in [1.54, 1.807) is 0 Å². The molecule has 0 aliphatic heterocycles. The summed E-state index contributed by atoms with van der Waals surface area (Å²) in [5.41, 5.74) is -0.606. The number of carboxylic acid groups (broad SMARTS) is 1. The highest BCUT2D eigenvalue weighted by Gasteiger charge is 2.31. The molecular weight excluding hydrogens is 194 g/mol. The predicted octanol–water partition coefficient (Wildman–Crippen LogP) is 0.992. The molecule has 3 N–H and O–H groups in total. The van der Waals surface area contributed by atoms with Crippen LogP contribution in [0.25, 0.3) is 0 Å². The van der Waals surface area contributed by atoms with Gasteiger partial charge in [-0.2, -0.15) is 0 Å². The molecule has 1 saturated carbocycles. The topological polar surface area (TPSA) is 69.6 Å².